The van der Waals surface area contributed by atoms with Crippen LogP contribution < -0.4 is 15.2 Å². The summed E-state index contributed by atoms with van der Waals surface area (Å²) in [6, 6.07) is 9.05. The molecule has 2 rings (SSSR count). The Kier molecular flexibility index (Phi) is 4.64. The molecule has 0 aromatic heterocycles. The molecule has 0 aliphatic heterocycles. The number of benzene rings is 2. The molecule has 110 valence electrons. The van der Waals surface area contributed by atoms with Gasteiger partial charge in [-0.05, 0) is 46.3 Å². The van der Waals surface area contributed by atoms with Crippen molar-refractivity contribution in [3.63, 3.8) is 0 Å². The van der Waals surface area contributed by atoms with Crippen molar-refractivity contribution in [2.45, 2.75) is 0 Å². The molecule has 2 aromatic rings. The van der Waals surface area contributed by atoms with Crippen molar-refractivity contribution >= 4 is 21.8 Å². The van der Waals surface area contributed by atoms with Gasteiger partial charge in [0.2, 0.25) is 0 Å². The number of oxime groups is 1. The van der Waals surface area contributed by atoms with Crippen LogP contribution in [0, 0.1) is 5.82 Å². The first-order valence-corrected chi connectivity index (χ1v) is 6.63. The predicted octanol–water partition coefficient (Wildman–Crippen LogP) is 3.48. The minimum absolute atomic E-state index is 0.103. The number of methoxy groups -OCH3 is 1. The number of hydrogen-bond donors (Lipinski definition) is 2. The quantitative estimate of drug-likeness (QED) is 0.381. The summed E-state index contributed by atoms with van der Waals surface area (Å²) in [4.78, 5) is 0. The second-order valence-corrected chi connectivity index (χ2v) is 4.88. The summed E-state index contributed by atoms with van der Waals surface area (Å²) in [5.74, 6) is 0.755. The van der Waals surface area contributed by atoms with Crippen LogP contribution in [-0.2, 0) is 0 Å². The fourth-order valence-corrected chi connectivity index (χ4v) is 2.00. The van der Waals surface area contributed by atoms with Crippen LogP contribution in [0.3, 0.4) is 0 Å². The molecule has 0 unspecified atom stereocenters. The molecule has 7 heteroatoms. The van der Waals surface area contributed by atoms with E-state index in [1.54, 1.807) is 18.2 Å². The van der Waals surface area contributed by atoms with E-state index in [0.717, 1.165) is 0 Å². The van der Waals surface area contributed by atoms with Gasteiger partial charge in [-0.3, -0.25) is 0 Å². The molecule has 5 nitrogen and oxygen atoms in total. The molecule has 2 aromatic carbocycles. The molecule has 0 atom stereocenters. The van der Waals surface area contributed by atoms with E-state index >= 15 is 0 Å². The van der Waals surface area contributed by atoms with Crippen molar-refractivity contribution in [2.24, 2.45) is 10.9 Å². The third-order valence-corrected chi connectivity index (χ3v) is 3.30. The lowest BCUT2D eigenvalue weighted by atomic mass is 10.1. The van der Waals surface area contributed by atoms with Crippen LogP contribution in [0.1, 0.15) is 5.56 Å². The number of rotatable bonds is 4. The van der Waals surface area contributed by atoms with Gasteiger partial charge < -0.3 is 20.4 Å². The Labute approximate surface area is 128 Å². The number of ether oxygens (including phenoxy) is 2. The number of amidine groups is 1. The van der Waals surface area contributed by atoms with Gasteiger partial charge in [-0.25, -0.2) is 4.39 Å². The Morgan fingerprint density at radius 2 is 1.95 bits per heavy atom. The molecule has 0 amide bonds. The van der Waals surface area contributed by atoms with E-state index in [9.17, 15) is 4.39 Å². The molecular weight excluding hydrogens is 343 g/mol. The van der Waals surface area contributed by atoms with Crippen LogP contribution in [0.5, 0.6) is 17.2 Å². The molecule has 0 aliphatic carbocycles. The Hall–Kier alpha value is -2.28. The highest BCUT2D eigenvalue weighted by atomic mass is 79.9. The molecule has 0 aliphatic rings. The number of nitrogens with zero attached hydrogens (tertiary/aromatic N) is 1. The molecule has 0 heterocycles. The van der Waals surface area contributed by atoms with Gasteiger partial charge in [0.1, 0.15) is 23.1 Å². The second-order valence-electron chi connectivity index (χ2n) is 4.03. The molecule has 0 spiro atoms. The number of hydrogen-bond acceptors (Lipinski definition) is 4. The van der Waals surface area contributed by atoms with E-state index in [0.29, 0.717) is 22.8 Å². The Bertz CT molecular complexity index is 692. The fourth-order valence-electron chi connectivity index (χ4n) is 1.65. The van der Waals surface area contributed by atoms with Gasteiger partial charge in [-0.1, -0.05) is 5.16 Å². The molecule has 0 fully saturated rings. The van der Waals surface area contributed by atoms with Crippen molar-refractivity contribution in [1.82, 2.24) is 0 Å². The van der Waals surface area contributed by atoms with Crippen molar-refractivity contribution in [3.8, 4) is 17.2 Å². The third-order valence-electron chi connectivity index (χ3n) is 2.69. The van der Waals surface area contributed by atoms with Crippen molar-refractivity contribution in [1.29, 1.82) is 0 Å². The molecular formula is C14H12BrFN2O3. The summed E-state index contributed by atoms with van der Waals surface area (Å²) >= 11 is 3.08. The molecule has 0 saturated heterocycles. The summed E-state index contributed by atoms with van der Waals surface area (Å²) in [5, 5.41) is 11.8. The topological polar surface area (TPSA) is 77.1 Å². The van der Waals surface area contributed by atoms with Crippen LogP contribution in [0.25, 0.3) is 0 Å². The monoisotopic (exact) mass is 354 g/mol. The lowest BCUT2D eigenvalue weighted by Gasteiger charge is -2.12. The zero-order valence-electron chi connectivity index (χ0n) is 11.0. The maximum atomic E-state index is 13.2. The van der Waals surface area contributed by atoms with E-state index in [4.69, 9.17) is 20.4 Å². The van der Waals surface area contributed by atoms with Gasteiger partial charge in [0, 0.05) is 6.07 Å². The normalized spacial score (nSPS) is 11.3. The van der Waals surface area contributed by atoms with Crippen LogP contribution in [0.4, 0.5) is 4.39 Å². The van der Waals surface area contributed by atoms with Crippen molar-refractivity contribution < 1.29 is 19.1 Å². The molecule has 0 radical (unpaired) electrons. The third kappa shape index (κ3) is 3.43. The summed E-state index contributed by atoms with van der Waals surface area (Å²) in [7, 11) is 1.51. The largest absolute Gasteiger partial charge is 0.497 e. The maximum Gasteiger partial charge on any atom is 0.173 e. The smallest absolute Gasteiger partial charge is 0.173 e. The van der Waals surface area contributed by atoms with Crippen LogP contribution in [0.2, 0.25) is 0 Å². The standard InChI is InChI=1S/C14H12BrFN2O3/c1-20-8-2-4-10(14(17)18-19)13(7-8)21-9-3-5-12(16)11(15)6-9/h2-7,19H,1H3,(H2,17,18). The maximum absolute atomic E-state index is 13.2. The zero-order valence-corrected chi connectivity index (χ0v) is 12.6. The van der Waals surface area contributed by atoms with E-state index in [-0.39, 0.29) is 10.3 Å². The van der Waals surface area contributed by atoms with Gasteiger partial charge >= 0.3 is 0 Å². The minimum Gasteiger partial charge on any atom is -0.497 e. The number of nitrogens with two attached hydrogens (primary N) is 1. The first-order valence-electron chi connectivity index (χ1n) is 5.84. The molecule has 21 heavy (non-hydrogen) atoms. The predicted molar refractivity (Wildman–Crippen MR) is 79.7 cm³/mol. The molecule has 0 bridgehead atoms. The highest BCUT2D eigenvalue weighted by molar-refractivity contribution is 9.10. The minimum atomic E-state index is -0.398. The lowest BCUT2D eigenvalue weighted by molar-refractivity contribution is 0.318. The summed E-state index contributed by atoms with van der Waals surface area (Å²) in [5.41, 5.74) is 5.99. The van der Waals surface area contributed by atoms with E-state index < -0.39 is 5.82 Å². The Balaban J connectivity index is 2.43. The highest BCUT2D eigenvalue weighted by Gasteiger charge is 2.12. The average Bonchev–Trinajstić information content (AvgIpc) is 2.50. The van der Waals surface area contributed by atoms with Gasteiger partial charge in [-0.2, -0.15) is 0 Å². The first-order chi connectivity index (χ1) is 10.0. The van der Waals surface area contributed by atoms with Gasteiger partial charge in [-0.15, -0.1) is 0 Å². The Morgan fingerprint density at radius 3 is 2.57 bits per heavy atom. The van der Waals surface area contributed by atoms with Crippen LogP contribution >= 0.6 is 15.9 Å². The van der Waals surface area contributed by atoms with Crippen LogP contribution in [-0.4, -0.2) is 18.2 Å². The second kappa shape index (κ2) is 6.45. The summed E-state index contributed by atoms with van der Waals surface area (Å²) < 4.78 is 24.3. The summed E-state index contributed by atoms with van der Waals surface area (Å²) in [6.07, 6.45) is 0. The average molecular weight is 355 g/mol. The fraction of sp³-hybridized carbons (Fsp3) is 0.0714. The van der Waals surface area contributed by atoms with Crippen molar-refractivity contribution in [2.75, 3.05) is 7.11 Å². The summed E-state index contributed by atoms with van der Waals surface area (Å²) in [6.45, 7) is 0. The van der Waals surface area contributed by atoms with E-state index in [2.05, 4.69) is 21.1 Å². The lowest BCUT2D eigenvalue weighted by Crippen LogP contribution is -2.14. The molecule has 3 N–H and O–H groups in total. The van der Waals surface area contributed by atoms with E-state index in [1.165, 1.54) is 25.3 Å². The highest BCUT2D eigenvalue weighted by Crippen LogP contribution is 2.31. The number of halogens is 2. The zero-order chi connectivity index (χ0) is 15.4. The molecule has 0 saturated carbocycles. The van der Waals surface area contributed by atoms with Gasteiger partial charge in [0.15, 0.2) is 5.84 Å². The van der Waals surface area contributed by atoms with Crippen LogP contribution in [0.15, 0.2) is 46.0 Å². The SMILES string of the molecule is COc1ccc(/C(N)=N/O)c(Oc2ccc(F)c(Br)c2)c1. The van der Waals surface area contributed by atoms with Gasteiger partial charge in [0.25, 0.3) is 0 Å². The van der Waals surface area contributed by atoms with Gasteiger partial charge in [0.05, 0.1) is 17.1 Å². The Morgan fingerprint density at radius 1 is 1.24 bits per heavy atom. The van der Waals surface area contributed by atoms with Crippen molar-refractivity contribution in [3.05, 3.63) is 52.3 Å². The first kappa shape index (κ1) is 15.1. The van der Waals surface area contributed by atoms with E-state index in [1.807, 2.05) is 0 Å².